The summed E-state index contributed by atoms with van der Waals surface area (Å²) in [5, 5.41) is 9.07. The predicted molar refractivity (Wildman–Crippen MR) is 56.3 cm³/mol. The summed E-state index contributed by atoms with van der Waals surface area (Å²) in [6.45, 7) is 0.601. The Balaban J connectivity index is 2.03. The van der Waals surface area contributed by atoms with Crippen molar-refractivity contribution < 1.29 is 14.3 Å². The van der Waals surface area contributed by atoms with Gasteiger partial charge in [-0.2, -0.15) is 0 Å². The van der Waals surface area contributed by atoms with Gasteiger partial charge in [0.05, 0.1) is 12.9 Å². The third-order valence-electron chi connectivity index (χ3n) is 2.32. The van der Waals surface area contributed by atoms with Crippen molar-refractivity contribution in [2.75, 3.05) is 6.54 Å². The highest BCUT2D eigenvalue weighted by Gasteiger charge is 2.20. The molecule has 0 spiro atoms. The molecule has 1 N–H and O–H groups in total. The highest BCUT2D eigenvalue weighted by Crippen LogP contribution is 2.08. The minimum atomic E-state index is -1.23. The van der Waals surface area contributed by atoms with Gasteiger partial charge in [0.25, 0.3) is 0 Å². The van der Waals surface area contributed by atoms with Crippen LogP contribution < -0.4 is 0 Å². The minimum absolute atomic E-state index is 0.127. The van der Waals surface area contributed by atoms with Crippen molar-refractivity contribution in [1.82, 2.24) is 4.90 Å². The Morgan fingerprint density at radius 1 is 1.44 bits per heavy atom. The SMILES string of the molecule is O=C1CN(Cc2ccc(F)cc2)C=NC1O. The lowest BCUT2D eigenvalue weighted by molar-refractivity contribution is -0.127. The number of aliphatic hydroxyl groups is 1. The van der Waals surface area contributed by atoms with Crippen LogP contribution >= 0.6 is 0 Å². The Morgan fingerprint density at radius 3 is 2.75 bits per heavy atom. The lowest BCUT2D eigenvalue weighted by atomic mass is 10.2. The third-order valence-corrected chi connectivity index (χ3v) is 2.32. The maximum Gasteiger partial charge on any atom is 0.208 e. The molecule has 1 aromatic rings. The average molecular weight is 222 g/mol. The van der Waals surface area contributed by atoms with Crippen LogP contribution in [-0.4, -0.2) is 34.9 Å². The number of hydrogen-bond acceptors (Lipinski definition) is 4. The molecule has 5 heteroatoms. The first kappa shape index (κ1) is 10.8. The fourth-order valence-electron chi connectivity index (χ4n) is 1.48. The van der Waals surface area contributed by atoms with E-state index in [-0.39, 0.29) is 18.1 Å². The fraction of sp³-hybridized carbons (Fsp3) is 0.273. The Hall–Kier alpha value is -1.75. The minimum Gasteiger partial charge on any atom is -0.366 e. The lowest BCUT2D eigenvalue weighted by Gasteiger charge is -2.23. The summed E-state index contributed by atoms with van der Waals surface area (Å²) in [5.74, 6) is -0.618. The molecule has 1 heterocycles. The summed E-state index contributed by atoms with van der Waals surface area (Å²) in [6, 6.07) is 6.04. The van der Waals surface area contributed by atoms with Crippen molar-refractivity contribution in [3.63, 3.8) is 0 Å². The maximum absolute atomic E-state index is 12.7. The first-order valence-electron chi connectivity index (χ1n) is 4.88. The van der Waals surface area contributed by atoms with Crippen molar-refractivity contribution >= 4 is 12.1 Å². The van der Waals surface area contributed by atoms with Gasteiger partial charge in [-0.15, -0.1) is 0 Å². The van der Waals surface area contributed by atoms with E-state index in [4.69, 9.17) is 5.11 Å². The van der Waals surface area contributed by atoms with Crippen LogP contribution in [0.4, 0.5) is 4.39 Å². The van der Waals surface area contributed by atoms with Gasteiger partial charge in [0.15, 0.2) is 0 Å². The number of Topliss-reactive ketones (excluding diaryl/α,β-unsaturated/α-hetero) is 1. The number of aliphatic hydroxyl groups excluding tert-OH is 1. The number of nitrogens with zero attached hydrogens (tertiary/aromatic N) is 2. The van der Waals surface area contributed by atoms with E-state index in [1.807, 2.05) is 0 Å². The standard InChI is InChI=1S/C11H11FN2O2/c12-9-3-1-8(2-4-9)5-14-6-10(15)11(16)13-7-14/h1-4,7,11,16H,5-6H2. The molecule has 1 aliphatic rings. The van der Waals surface area contributed by atoms with Gasteiger partial charge in [0.2, 0.25) is 12.0 Å². The van der Waals surface area contributed by atoms with Gasteiger partial charge in [0.1, 0.15) is 5.82 Å². The zero-order valence-corrected chi connectivity index (χ0v) is 8.51. The third kappa shape index (κ3) is 2.43. The van der Waals surface area contributed by atoms with Gasteiger partial charge in [-0.05, 0) is 17.7 Å². The molecule has 0 fully saturated rings. The highest BCUT2D eigenvalue weighted by atomic mass is 19.1. The van der Waals surface area contributed by atoms with E-state index in [2.05, 4.69) is 4.99 Å². The van der Waals surface area contributed by atoms with Gasteiger partial charge in [-0.25, -0.2) is 9.38 Å². The molecule has 84 valence electrons. The molecule has 4 nitrogen and oxygen atoms in total. The molecular formula is C11H11FN2O2. The maximum atomic E-state index is 12.7. The van der Waals surface area contributed by atoms with E-state index in [1.165, 1.54) is 18.5 Å². The van der Waals surface area contributed by atoms with Crippen LogP contribution in [0.25, 0.3) is 0 Å². The lowest BCUT2D eigenvalue weighted by Crippen LogP contribution is -2.38. The van der Waals surface area contributed by atoms with Gasteiger partial charge >= 0.3 is 0 Å². The number of carbonyl (C=O) groups excluding carboxylic acids is 1. The van der Waals surface area contributed by atoms with E-state index in [0.717, 1.165) is 5.56 Å². The number of halogens is 1. The predicted octanol–water partition coefficient (Wildman–Crippen LogP) is 0.557. The average Bonchev–Trinajstić information content (AvgIpc) is 2.27. The van der Waals surface area contributed by atoms with Gasteiger partial charge < -0.3 is 10.0 Å². The van der Waals surface area contributed by atoms with E-state index >= 15 is 0 Å². The Morgan fingerprint density at radius 2 is 2.12 bits per heavy atom. The zero-order chi connectivity index (χ0) is 11.5. The zero-order valence-electron chi connectivity index (χ0n) is 8.51. The van der Waals surface area contributed by atoms with E-state index in [1.54, 1.807) is 17.0 Å². The molecule has 0 aromatic heterocycles. The molecule has 1 unspecified atom stereocenters. The molecule has 0 amide bonds. The Bertz CT molecular complexity index is 416. The number of carbonyl (C=O) groups is 1. The molecule has 0 saturated carbocycles. The number of benzene rings is 1. The summed E-state index contributed by atoms with van der Waals surface area (Å²) in [4.78, 5) is 16.5. The molecule has 2 rings (SSSR count). The second kappa shape index (κ2) is 4.40. The van der Waals surface area contributed by atoms with Crippen molar-refractivity contribution in [3.8, 4) is 0 Å². The molecule has 16 heavy (non-hydrogen) atoms. The quantitative estimate of drug-likeness (QED) is 0.795. The highest BCUT2D eigenvalue weighted by molar-refractivity contribution is 5.89. The van der Waals surface area contributed by atoms with Crippen LogP contribution in [0.5, 0.6) is 0 Å². The molecule has 1 aliphatic heterocycles. The monoisotopic (exact) mass is 222 g/mol. The first-order chi connectivity index (χ1) is 7.65. The normalized spacial score (nSPS) is 20.2. The second-order valence-electron chi connectivity index (χ2n) is 3.64. The number of aliphatic imine (C=N–C) groups is 1. The van der Waals surface area contributed by atoms with E-state index < -0.39 is 6.23 Å². The van der Waals surface area contributed by atoms with Crippen molar-refractivity contribution in [1.29, 1.82) is 0 Å². The summed E-state index contributed by atoms with van der Waals surface area (Å²) in [7, 11) is 0. The van der Waals surface area contributed by atoms with E-state index in [9.17, 15) is 9.18 Å². The summed E-state index contributed by atoms with van der Waals surface area (Å²) in [5.41, 5.74) is 0.886. The van der Waals surface area contributed by atoms with Crippen LogP contribution in [-0.2, 0) is 11.3 Å². The molecule has 0 bridgehead atoms. The smallest absolute Gasteiger partial charge is 0.208 e. The number of ketones is 1. The fourth-order valence-corrected chi connectivity index (χ4v) is 1.48. The van der Waals surface area contributed by atoms with Crippen molar-refractivity contribution in [2.24, 2.45) is 4.99 Å². The van der Waals surface area contributed by atoms with Crippen LogP contribution in [0.15, 0.2) is 29.3 Å². The number of rotatable bonds is 2. The van der Waals surface area contributed by atoms with Gasteiger partial charge in [0, 0.05) is 6.54 Å². The Labute approximate surface area is 92.0 Å². The molecule has 0 saturated heterocycles. The first-order valence-corrected chi connectivity index (χ1v) is 4.88. The van der Waals surface area contributed by atoms with Gasteiger partial charge in [-0.1, -0.05) is 12.1 Å². The molecule has 0 radical (unpaired) electrons. The topological polar surface area (TPSA) is 52.9 Å². The summed E-state index contributed by atoms with van der Waals surface area (Å²) < 4.78 is 12.7. The van der Waals surface area contributed by atoms with Gasteiger partial charge in [-0.3, -0.25) is 4.79 Å². The molecule has 0 aliphatic carbocycles. The molecular weight excluding hydrogens is 211 g/mol. The summed E-state index contributed by atoms with van der Waals surface area (Å²) in [6.07, 6.45) is 0.208. The van der Waals surface area contributed by atoms with Crippen molar-refractivity contribution in [2.45, 2.75) is 12.8 Å². The van der Waals surface area contributed by atoms with Crippen molar-refractivity contribution in [3.05, 3.63) is 35.6 Å². The Kier molecular flexibility index (Phi) is 2.96. The second-order valence-corrected chi connectivity index (χ2v) is 3.64. The molecule has 1 atom stereocenters. The summed E-state index contributed by atoms with van der Waals surface area (Å²) >= 11 is 0. The number of hydrogen-bond donors (Lipinski definition) is 1. The van der Waals surface area contributed by atoms with Crippen LogP contribution in [0.2, 0.25) is 0 Å². The largest absolute Gasteiger partial charge is 0.366 e. The van der Waals surface area contributed by atoms with Crippen LogP contribution in [0.3, 0.4) is 0 Å². The van der Waals surface area contributed by atoms with Crippen LogP contribution in [0, 0.1) is 5.82 Å². The molecule has 1 aromatic carbocycles. The van der Waals surface area contributed by atoms with Crippen LogP contribution in [0.1, 0.15) is 5.56 Å². The van der Waals surface area contributed by atoms with E-state index in [0.29, 0.717) is 6.54 Å².